The van der Waals surface area contributed by atoms with Crippen LogP contribution in [0.3, 0.4) is 0 Å². The third-order valence-electron chi connectivity index (χ3n) is 3.87. The molecule has 1 amide bonds. The molecule has 140 valence electrons. The van der Waals surface area contributed by atoms with E-state index in [1.807, 2.05) is 0 Å². The van der Waals surface area contributed by atoms with Crippen LogP contribution in [0.15, 0.2) is 24.3 Å². The van der Waals surface area contributed by atoms with Crippen molar-refractivity contribution < 1.29 is 26.4 Å². The number of amides is 1. The number of alkyl halides is 3. The van der Waals surface area contributed by atoms with Gasteiger partial charge in [0, 0.05) is 11.4 Å². The van der Waals surface area contributed by atoms with E-state index in [1.165, 1.54) is 6.07 Å². The molecule has 1 atom stereocenters. The predicted molar refractivity (Wildman–Crippen MR) is 88.2 cm³/mol. The lowest BCUT2D eigenvalue weighted by molar-refractivity contribution is -0.144. The van der Waals surface area contributed by atoms with Crippen LogP contribution in [0.1, 0.15) is 12.2 Å². The molecule has 0 spiro atoms. The highest BCUT2D eigenvalue weighted by molar-refractivity contribution is 7.91. The van der Waals surface area contributed by atoms with Crippen LogP contribution in [0, 0.1) is 0 Å². The van der Waals surface area contributed by atoms with Crippen molar-refractivity contribution in [2.24, 2.45) is 0 Å². The summed E-state index contributed by atoms with van der Waals surface area (Å²) in [5, 5.41) is 5.48. The van der Waals surface area contributed by atoms with Gasteiger partial charge in [0.05, 0.1) is 23.6 Å². The van der Waals surface area contributed by atoms with Gasteiger partial charge in [0.25, 0.3) is 0 Å². The molecule has 0 aliphatic carbocycles. The lowest BCUT2D eigenvalue weighted by Crippen LogP contribution is -2.39. The minimum Gasteiger partial charge on any atom is -0.360 e. The number of carbonyl (C=O) groups is 1. The number of carbonyl (C=O) groups excluding carboxylic acids is 1. The normalized spacial score (nSPS) is 19.4. The Morgan fingerprint density at radius 3 is 2.62 bits per heavy atom. The van der Waals surface area contributed by atoms with Crippen LogP contribution in [0.25, 0.3) is 10.9 Å². The molecule has 2 heterocycles. The Morgan fingerprint density at radius 2 is 1.96 bits per heavy atom. The highest BCUT2D eigenvalue weighted by Gasteiger charge is 2.35. The second-order valence-electron chi connectivity index (χ2n) is 5.93. The summed E-state index contributed by atoms with van der Waals surface area (Å²) in [6, 6.07) is 5.64. The average molecular weight is 388 g/mol. The number of rotatable bonds is 4. The number of nitrogens with one attached hydrogen (secondary N) is 2. The largest absolute Gasteiger partial charge is 0.451 e. The van der Waals surface area contributed by atoms with Gasteiger partial charge in [0.1, 0.15) is 5.82 Å². The molecule has 1 aromatic carbocycles. The molecule has 7 nitrogen and oxygen atoms in total. The molecule has 0 bridgehead atoms. The smallest absolute Gasteiger partial charge is 0.360 e. The molecule has 11 heteroatoms. The first-order chi connectivity index (χ1) is 12.1. The Kier molecular flexibility index (Phi) is 4.74. The Labute approximate surface area is 146 Å². The number of fused-ring (bicyclic) bond motifs is 1. The van der Waals surface area contributed by atoms with Crippen molar-refractivity contribution in [2.45, 2.75) is 18.6 Å². The SMILES string of the molecule is O=C(CNc1nc(C(F)(F)F)nc2ccccc12)N[C@H]1CCS(=O)(=O)C1. The first-order valence-corrected chi connectivity index (χ1v) is 9.54. The fraction of sp³-hybridized carbons (Fsp3) is 0.400. The van der Waals surface area contributed by atoms with Gasteiger partial charge >= 0.3 is 6.18 Å². The minimum absolute atomic E-state index is 0.0108. The van der Waals surface area contributed by atoms with Gasteiger partial charge in [0.15, 0.2) is 9.84 Å². The highest BCUT2D eigenvalue weighted by atomic mass is 32.2. The van der Waals surface area contributed by atoms with Gasteiger partial charge in [-0.05, 0) is 18.6 Å². The first kappa shape index (κ1) is 18.4. The van der Waals surface area contributed by atoms with Gasteiger partial charge in [-0.2, -0.15) is 13.2 Å². The number of para-hydroxylation sites is 1. The van der Waals surface area contributed by atoms with Crippen LogP contribution in [0.4, 0.5) is 19.0 Å². The Morgan fingerprint density at radius 1 is 1.23 bits per heavy atom. The molecule has 0 unspecified atom stereocenters. The van der Waals surface area contributed by atoms with E-state index in [0.717, 1.165) is 0 Å². The zero-order chi connectivity index (χ0) is 18.9. The van der Waals surface area contributed by atoms with E-state index in [-0.39, 0.29) is 29.4 Å². The predicted octanol–water partition coefficient (Wildman–Crippen LogP) is 1.36. The summed E-state index contributed by atoms with van der Waals surface area (Å²) in [7, 11) is -3.14. The van der Waals surface area contributed by atoms with Crippen LogP contribution in [-0.2, 0) is 20.8 Å². The summed E-state index contributed by atoms with van der Waals surface area (Å²) in [6.45, 7) is -0.338. The molecular formula is C15H15F3N4O3S. The molecule has 1 aromatic heterocycles. The Balaban J connectivity index is 1.75. The van der Waals surface area contributed by atoms with E-state index in [0.29, 0.717) is 11.8 Å². The zero-order valence-electron chi connectivity index (χ0n) is 13.4. The van der Waals surface area contributed by atoms with E-state index in [2.05, 4.69) is 20.6 Å². The quantitative estimate of drug-likeness (QED) is 0.820. The monoisotopic (exact) mass is 388 g/mol. The van der Waals surface area contributed by atoms with Gasteiger partial charge in [-0.25, -0.2) is 18.4 Å². The van der Waals surface area contributed by atoms with E-state index < -0.39 is 33.8 Å². The van der Waals surface area contributed by atoms with Crippen LogP contribution in [0.2, 0.25) is 0 Å². The summed E-state index contributed by atoms with van der Waals surface area (Å²) in [5.41, 5.74) is 0.0969. The maximum atomic E-state index is 12.9. The summed E-state index contributed by atoms with van der Waals surface area (Å²) < 4.78 is 61.6. The Bertz CT molecular complexity index is 947. The first-order valence-electron chi connectivity index (χ1n) is 7.72. The maximum absolute atomic E-state index is 12.9. The molecule has 0 saturated carbocycles. The highest BCUT2D eigenvalue weighted by Crippen LogP contribution is 2.30. The topological polar surface area (TPSA) is 101 Å². The molecule has 1 saturated heterocycles. The van der Waals surface area contributed by atoms with Crippen molar-refractivity contribution in [1.29, 1.82) is 0 Å². The lowest BCUT2D eigenvalue weighted by Gasteiger charge is -2.14. The number of halogens is 3. The third-order valence-corrected chi connectivity index (χ3v) is 5.64. The fourth-order valence-corrected chi connectivity index (χ4v) is 4.36. The van der Waals surface area contributed by atoms with E-state index in [4.69, 9.17) is 0 Å². The standard InChI is InChI=1S/C15H15F3N4O3S/c16-15(17,18)14-21-11-4-2-1-3-10(11)13(22-14)19-7-12(23)20-9-5-6-26(24,25)8-9/h1-4,9H,5-8H2,(H,20,23)(H,19,21,22)/t9-/m0/s1. The second kappa shape index (κ2) is 6.71. The van der Waals surface area contributed by atoms with Crippen LogP contribution in [-0.4, -0.2) is 48.4 Å². The van der Waals surface area contributed by atoms with Crippen molar-refractivity contribution in [3.63, 3.8) is 0 Å². The van der Waals surface area contributed by atoms with Gasteiger partial charge in [-0.15, -0.1) is 0 Å². The van der Waals surface area contributed by atoms with Crippen molar-refractivity contribution in [2.75, 3.05) is 23.4 Å². The molecule has 1 aliphatic heterocycles. The van der Waals surface area contributed by atoms with Crippen LogP contribution < -0.4 is 10.6 Å². The minimum atomic E-state index is -4.72. The second-order valence-corrected chi connectivity index (χ2v) is 8.16. The number of benzene rings is 1. The van der Waals surface area contributed by atoms with Gasteiger partial charge in [0.2, 0.25) is 11.7 Å². The van der Waals surface area contributed by atoms with E-state index in [9.17, 15) is 26.4 Å². The summed E-state index contributed by atoms with van der Waals surface area (Å²) in [6.07, 6.45) is -4.40. The molecule has 1 aliphatic rings. The summed E-state index contributed by atoms with van der Waals surface area (Å²) in [4.78, 5) is 18.9. The average Bonchev–Trinajstić information content (AvgIpc) is 2.90. The molecule has 0 radical (unpaired) electrons. The summed E-state index contributed by atoms with van der Waals surface area (Å²) in [5.74, 6) is -2.06. The lowest BCUT2D eigenvalue weighted by atomic mass is 10.2. The number of hydrogen-bond acceptors (Lipinski definition) is 6. The van der Waals surface area contributed by atoms with Gasteiger partial charge < -0.3 is 10.6 Å². The number of anilines is 1. The van der Waals surface area contributed by atoms with E-state index in [1.54, 1.807) is 18.2 Å². The van der Waals surface area contributed by atoms with Crippen molar-refractivity contribution in [1.82, 2.24) is 15.3 Å². The van der Waals surface area contributed by atoms with Crippen molar-refractivity contribution >= 4 is 32.5 Å². The zero-order valence-corrected chi connectivity index (χ0v) is 14.2. The molecule has 2 N–H and O–H groups in total. The van der Waals surface area contributed by atoms with Crippen molar-refractivity contribution in [3.05, 3.63) is 30.1 Å². The van der Waals surface area contributed by atoms with E-state index >= 15 is 0 Å². The van der Waals surface area contributed by atoms with Crippen molar-refractivity contribution in [3.8, 4) is 0 Å². The molecular weight excluding hydrogens is 373 g/mol. The summed E-state index contributed by atoms with van der Waals surface area (Å²) >= 11 is 0. The number of hydrogen-bond donors (Lipinski definition) is 2. The van der Waals surface area contributed by atoms with Crippen LogP contribution in [0.5, 0.6) is 0 Å². The maximum Gasteiger partial charge on any atom is 0.451 e. The number of nitrogens with zero attached hydrogens (tertiary/aromatic N) is 2. The van der Waals surface area contributed by atoms with Crippen LogP contribution >= 0.6 is 0 Å². The molecule has 3 rings (SSSR count). The fourth-order valence-electron chi connectivity index (χ4n) is 2.69. The Hall–Kier alpha value is -2.43. The molecule has 26 heavy (non-hydrogen) atoms. The third kappa shape index (κ3) is 4.21. The van der Waals surface area contributed by atoms with Gasteiger partial charge in [-0.3, -0.25) is 4.79 Å². The molecule has 2 aromatic rings. The molecule has 1 fully saturated rings. The number of sulfone groups is 1. The number of aromatic nitrogens is 2. The van der Waals surface area contributed by atoms with Gasteiger partial charge in [-0.1, -0.05) is 12.1 Å².